The Balaban J connectivity index is 1.87. The topological polar surface area (TPSA) is 70.2 Å². The van der Waals surface area contributed by atoms with E-state index in [4.69, 9.17) is 0 Å². The maximum atomic E-state index is 12.0. The molecule has 1 aliphatic rings. The third-order valence-electron chi connectivity index (χ3n) is 3.76. The molecular weight excluding hydrogens is 254 g/mol. The first-order chi connectivity index (χ1) is 9.61. The fourth-order valence-corrected chi connectivity index (χ4v) is 2.40. The number of carbonyl (C=O) groups excluding carboxylic acids is 2. The molecule has 108 valence electrons. The molecule has 3 N–H and O–H groups in total. The highest BCUT2D eigenvalue weighted by Gasteiger charge is 2.29. The number of amides is 2. The van der Waals surface area contributed by atoms with Crippen LogP contribution in [-0.4, -0.2) is 32.0 Å². The van der Waals surface area contributed by atoms with Crippen LogP contribution in [0.25, 0.3) is 0 Å². The van der Waals surface area contributed by atoms with E-state index in [-0.39, 0.29) is 17.7 Å². The summed E-state index contributed by atoms with van der Waals surface area (Å²) in [7, 11) is 1.60. The summed E-state index contributed by atoms with van der Waals surface area (Å²) in [4.78, 5) is 23.4. The van der Waals surface area contributed by atoms with Gasteiger partial charge in [-0.3, -0.25) is 9.59 Å². The monoisotopic (exact) mass is 275 g/mol. The zero-order valence-corrected chi connectivity index (χ0v) is 11.9. The standard InChI is InChI=1S/C15H21N3O2/c1-10-7-17-9-13(10)15(20)18-8-11-3-5-12(6-4-11)14(19)16-2/h3-6,10,13,17H,7-9H2,1-2H3,(H,16,19)(H,18,20)/t10-,13-/m1/s1. The van der Waals surface area contributed by atoms with Gasteiger partial charge in [-0.05, 0) is 30.2 Å². The van der Waals surface area contributed by atoms with E-state index < -0.39 is 0 Å². The number of rotatable bonds is 4. The number of benzene rings is 1. The molecule has 0 spiro atoms. The predicted molar refractivity (Wildman–Crippen MR) is 77.2 cm³/mol. The minimum absolute atomic E-state index is 0.0557. The molecule has 1 heterocycles. The normalized spacial score (nSPS) is 21.5. The molecule has 5 heteroatoms. The van der Waals surface area contributed by atoms with Gasteiger partial charge in [-0.15, -0.1) is 0 Å². The number of hydrogen-bond acceptors (Lipinski definition) is 3. The van der Waals surface area contributed by atoms with E-state index in [0.29, 0.717) is 18.0 Å². The van der Waals surface area contributed by atoms with Crippen molar-refractivity contribution in [2.24, 2.45) is 11.8 Å². The number of hydrogen-bond donors (Lipinski definition) is 3. The van der Waals surface area contributed by atoms with E-state index in [1.165, 1.54) is 0 Å². The molecule has 0 bridgehead atoms. The van der Waals surface area contributed by atoms with Gasteiger partial charge in [0, 0.05) is 25.7 Å². The van der Waals surface area contributed by atoms with E-state index in [1.54, 1.807) is 19.2 Å². The third-order valence-corrected chi connectivity index (χ3v) is 3.76. The van der Waals surface area contributed by atoms with Gasteiger partial charge in [-0.1, -0.05) is 19.1 Å². The second kappa shape index (κ2) is 6.52. The van der Waals surface area contributed by atoms with Crippen molar-refractivity contribution in [2.75, 3.05) is 20.1 Å². The number of carbonyl (C=O) groups is 2. The maximum Gasteiger partial charge on any atom is 0.251 e. The number of nitrogens with one attached hydrogen (secondary N) is 3. The van der Waals surface area contributed by atoms with Crippen molar-refractivity contribution in [1.82, 2.24) is 16.0 Å². The Kier molecular flexibility index (Phi) is 4.74. The lowest BCUT2D eigenvalue weighted by atomic mass is 9.97. The summed E-state index contributed by atoms with van der Waals surface area (Å²) in [6.45, 7) is 4.24. The van der Waals surface area contributed by atoms with Crippen LogP contribution in [0.1, 0.15) is 22.8 Å². The lowest BCUT2D eigenvalue weighted by Gasteiger charge is -2.14. The van der Waals surface area contributed by atoms with Gasteiger partial charge in [-0.2, -0.15) is 0 Å². The van der Waals surface area contributed by atoms with Crippen molar-refractivity contribution in [3.8, 4) is 0 Å². The molecule has 0 saturated carbocycles. The molecule has 1 fully saturated rings. The summed E-state index contributed by atoms with van der Waals surface area (Å²) in [6, 6.07) is 7.25. The highest BCUT2D eigenvalue weighted by atomic mass is 16.2. The zero-order valence-electron chi connectivity index (χ0n) is 11.9. The molecular formula is C15H21N3O2. The van der Waals surface area contributed by atoms with Gasteiger partial charge in [0.1, 0.15) is 0 Å². The highest BCUT2D eigenvalue weighted by Crippen LogP contribution is 2.16. The summed E-state index contributed by atoms with van der Waals surface area (Å²) < 4.78 is 0. The molecule has 2 rings (SSSR count). The summed E-state index contributed by atoms with van der Waals surface area (Å²) in [6.07, 6.45) is 0. The third kappa shape index (κ3) is 3.36. The second-order valence-electron chi connectivity index (χ2n) is 5.24. The molecule has 1 aliphatic heterocycles. The van der Waals surface area contributed by atoms with E-state index in [1.807, 2.05) is 12.1 Å². The van der Waals surface area contributed by atoms with Crippen LogP contribution in [0.4, 0.5) is 0 Å². The van der Waals surface area contributed by atoms with Gasteiger partial charge < -0.3 is 16.0 Å². The Morgan fingerprint density at radius 2 is 1.95 bits per heavy atom. The molecule has 1 saturated heterocycles. The molecule has 1 aromatic rings. The van der Waals surface area contributed by atoms with Crippen molar-refractivity contribution in [3.05, 3.63) is 35.4 Å². The van der Waals surface area contributed by atoms with Gasteiger partial charge >= 0.3 is 0 Å². The van der Waals surface area contributed by atoms with Crippen LogP contribution in [0, 0.1) is 11.8 Å². The molecule has 2 atom stereocenters. The van der Waals surface area contributed by atoms with Crippen molar-refractivity contribution < 1.29 is 9.59 Å². The Bertz CT molecular complexity index is 484. The molecule has 20 heavy (non-hydrogen) atoms. The average Bonchev–Trinajstić information content (AvgIpc) is 2.90. The molecule has 5 nitrogen and oxygen atoms in total. The maximum absolute atomic E-state index is 12.0. The van der Waals surface area contributed by atoms with Crippen molar-refractivity contribution in [1.29, 1.82) is 0 Å². The summed E-state index contributed by atoms with van der Waals surface area (Å²) in [5, 5.41) is 8.75. The Labute approximate surface area is 119 Å². The van der Waals surface area contributed by atoms with Crippen LogP contribution in [0.2, 0.25) is 0 Å². The highest BCUT2D eigenvalue weighted by molar-refractivity contribution is 5.93. The van der Waals surface area contributed by atoms with E-state index in [9.17, 15) is 9.59 Å². The first-order valence-electron chi connectivity index (χ1n) is 6.91. The lowest BCUT2D eigenvalue weighted by molar-refractivity contribution is -0.125. The first-order valence-corrected chi connectivity index (χ1v) is 6.91. The van der Waals surface area contributed by atoms with Crippen LogP contribution in [0.3, 0.4) is 0 Å². The second-order valence-corrected chi connectivity index (χ2v) is 5.24. The van der Waals surface area contributed by atoms with Crippen LogP contribution < -0.4 is 16.0 Å². The molecule has 0 aromatic heterocycles. The van der Waals surface area contributed by atoms with Gasteiger partial charge in [0.15, 0.2) is 0 Å². The molecule has 0 aliphatic carbocycles. The van der Waals surface area contributed by atoms with E-state index in [2.05, 4.69) is 22.9 Å². The van der Waals surface area contributed by atoms with Crippen LogP contribution in [-0.2, 0) is 11.3 Å². The fourth-order valence-electron chi connectivity index (χ4n) is 2.40. The van der Waals surface area contributed by atoms with Crippen molar-refractivity contribution in [3.63, 3.8) is 0 Å². The van der Waals surface area contributed by atoms with Gasteiger partial charge in [-0.25, -0.2) is 0 Å². The van der Waals surface area contributed by atoms with Gasteiger partial charge in [0.2, 0.25) is 5.91 Å². The van der Waals surface area contributed by atoms with Crippen LogP contribution in [0.15, 0.2) is 24.3 Å². The quantitative estimate of drug-likeness (QED) is 0.750. The van der Waals surface area contributed by atoms with Crippen LogP contribution >= 0.6 is 0 Å². The Hall–Kier alpha value is -1.88. The molecule has 0 unspecified atom stereocenters. The predicted octanol–water partition coefficient (Wildman–Crippen LogP) is 0.518. The molecule has 2 amide bonds. The van der Waals surface area contributed by atoms with Crippen LogP contribution in [0.5, 0.6) is 0 Å². The lowest BCUT2D eigenvalue weighted by Crippen LogP contribution is -2.33. The van der Waals surface area contributed by atoms with Crippen molar-refractivity contribution in [2.45, 2.75) is 13.5 Å². The molecule has 0 radical (unpaired) electrons. The van der Waals surface area contributed by atoms with Gasteiger partial charge in [0.05, 0.1) is 5.92 Å². The van der Waals surface area contributed by atoms with E-state index in [0.717, 1.165) is 18.7 Å². The fraction of sp³-hybridized carbons (Fsp3) is 0.467. The average molecular weight is 275 g/mol. The summed E-state index contributed by atoms with van der Waals surface area (Å²) in [5.74, 6) is 0.426. The van der Waals surface area contributed by atoms with E-state index >= 15 is 0 Å². The minimum atomic E-state index is -0.105. The summed E-state index contributed by atoms with van der Waals surface area (Å²) >= 11 is 0. The zero-order chi connectivity index (χ0) is 14.5. The Morgan fingerprint density at radius 3 is 2.50 bits per heavy atom. The molecule has 1 aromatic carbocycles. The largest absolute Gasteiger partial charge is 0.355 e. The smallest absolute Gasteiger partial charge is 0.251 e. The summed E-state index contributed by atoms with van der Waals surface area (Å²) in [5.41, 5.74) is 1.61. The SMILES string of the molecule is CNC(=O)c1ccc(CNC(=O)[C@@H]2CNC[C@H]2C)cc1. The van der Waals surface area contributed by atoms with Crippen molar-refractivity contribution >= 4 is 11.8 Å². The van der Waals surface area contributed by atoms with Gasteiger partial charge in [0.25, 0.3) is 5.91 Å². The first kappa shape index (κ1) is 14.5. The minimum Gasteiger partial charge on any atom is -0.355 e. The Morgan fingerprint density at radius 1 is 1.25 bits per heavy atom.